The fourth-order valence-corrected chi connectivity index (χ4v) is 1.94. The number of benzene rings is 1. The molecule has 1 aromatic carbocycles. The van der Waals surface area contributed by atoms with E-state index in [1.54, 1.807) is 13.2 Å². The molecule has 90 valence electrons. The molecule has 0 bridgehead atoms. The fourth-order valence-electron chi connectivity index (χ4n) is 1.40. The molecule has 0 fully saturated rings. The van der Waals surface area contributed by atoms with Crippen molar-refractivity contribution in [3.8, 4) is 11.8 Å². The Hall–Kier alpha value is -2.13. The third kappa shape index (κ3) is 2.57. The first-order valence-electron chi connectivity index (χ1n) is 5.07. The molecule has 0 spiro atoms. The van der Waals surface area contributed by atoms with Crippen LogP contribution < -0.4 is 10.1 Å². The number of hydrogen-bond donors (Lipinski definition) is 1. The Labute approximate surface area is 113 Å². The second-order valence-corrected chi connectivity index (χ2v) is 4.23. The minimum atomic E-state index is 0.428. The van der Waals surface area contributed by atoms with Gasteiger partial charge in [0.15, 0.2) is 5.82 Å². The van der Waals surface area contributed by atoms with Gasteiger partial charge in [0.1, 0.15) is 11.8 Å². The van der Waals surface area contributed by atoms with Gasteiger partial charge in [0.05, 0.1) is 23.3 Å². The molecule has 1 N–H and O–H groups in total. The molecule has 1 heterocycles. The Morgan fingerprint density at radius 2 is 2.22 bits per heavy atom. The number of nitrogens with zero attached hydrogens (tertiary/aromatic N) is 3. The Morgan fingerprint density at radius 1 is 1.39 bits per heavy atom. The maximum Gasteiger partial charge on any atom is 0.171 e. The van der Waals surface area contributed by atoms with Crippen LogP contribution in [0.1, 0.15) is 5.56 Å². The maximum atomic E-state index is 8.95. The summed E-state index contributed by atoms with van der Waals surface area (Å²) >= 11 is 3.39. The van der Waals surface area contributed by atoms with Gasteiger partial charge in [0, 0.05) is 5.69 Å². The van der Waals surface area contributed by atoms with Crippen molar-refractivity contribution in [2.75, 3.05) is 12.4 Å². The Kier molecular flexibility index (Phi) is 3.75. The fraction of sp³-hybridized carbons (Fsp3) is 0.0833. The highest BCUT2D eigenvalue weighted by molar-refractivity contribution is 9.10. The molecule has 0 atom stereocenters. The summed E-state index contributed by atoms with van der Waals surface area (Å²) in [5.74, 6) is 1.16. The molecule has 6 heteroatoms. The summed E-state index contributed by atoms with van der Waals surface area (Å²) < 4.78 is 5.96. The Balaban J connectivity index is 2.29. The van der Waals surface area contributed by atoms with E-state index in [4.69, 9.17) is 10.00 Å². The number of halogens is 1. The van der Waals surface area contributed by atoms with Crippen LogP contribution in [0.15, 0.2) is 34.9 Å². The number of nitriles is 1. The second-order valence-electron chi connectivity index (χ2n) is 3.38. The number of methoxy groups -OCH3 is 1. The molecule has 0 saturated carbocycles. The third-order valence-corrected chi connectivity index (χ3v) is 2.88. The van der Waals surface area contributed by atoms with Crippen molar-refractivity contribution in [1.82, 2.24) is 10.2 Å². The van der Waals surface area contributed by atoms with E-state index in [0.29, 0.717) is 11.4 Å². The van der Waals surface area contributed by atoms with Crippen molar-refractivity contribution in [2.45, 2.75) is 0 Å². The van der Waals surface area contributed by atoms with E-state index in [9.17, 15) is 0 Å². The first kappa shape index (κ1) is 12.3. The highest BCUT2D eigenvalue weighted by Gasteiger charge is 2.06. The van der Waals surface area contributed by atoms with Gasteiger partial charge in [-0.2, -0.15) is 10.4 Å². The number of aromatic nitrogens is 2. The summed E-state index contributed by atoms with van der Waals surface area (Å²) in [4.78, 5) is 0. The van der Waals surface area contributed by atoms with Crippen molar-refractivity contribution in [1.29, 1.82) is 5.26 Å². The monoisotopic (exact) mass is 304 g/mol. The highest BCUT2D eigenvalue weighted by atomic mass is 79.9. The predicted molar refractivity (Wildman–Crippen MR) is 70.7 cm³/mol. The van der Waals surface area contributed by atoms with E-state index in [1.165, 1.54) is 6.20 Å². The van der Waals surface area contributed by atoms with Crippen LogP contribution in [-0.2, 0) is 0 Å². The first-order valence-corrected chi connectivity index (χ1v) is 5.86. The lowest BCUT2D eigenvalue weighted by molar-refractivity contribution is 0.412. The smallest absolute Gasteiger partial charge is 0.171 e. The highest BCUT2D eigenvalue weighted by Crippen LogP contribution is 2.29. The minimum Gasteiger partial charge on any atom is -0.496 e. The molecule has 2 aromatic rings. The van der Waals surface area contributed by atoms with E-state index < -0.39 is 0 Å². The molecule has 0 aliphatic carbocycles. The molecule has 0 unspecified atom stereocenters. The summed E-state index contributed by atoms with van der Waals surface area (Å²) in [6.45, 7) is 0. The summed E-state index contributed by atoms with van der Waals surface area (Å²) in [6, 6.07) is 9.15. The third-order valence-electron chi connectivity index (χ3n) is 2.26. The molecule has 5 nitrogen and oxygen atoms in total. The van der Waals surface area contributed by atoms with Gasteiger partial charge in [-0.25, -0.2) is 0 Å². The summed E-state index contributed by atoms with van der Waals surface area (Å²) in [7, 11) is 1.60. The second kappa shape index (κ2) is 5.47. The largest absolute Gasteiger partial charge is 0.496 e. The molecule has 1 aromatic heterocycles. The van der Waals surface area contributed by atoms with Crippen LogP contribution in [0.2, 0.25) is 0 Å². The van der Waals surface area contributed by atoms with E-state index in [1.807, 2.05) is 18.2 Å². The van der Waals surface area contributed by atoms with Crippen LogP contribution in [0.3, 0.4) is 0 Å². The van der Waals surface area contributed by atoms with E-state index in [-0.39, 0.29) is 0 Å². The van der Waals surface area contributed by atoms with Gasteiger partial charge in [0.25, 0.3) is 0 Å². The van der Waals surface area contributed by atoms with Crippen LogP contribution in [0, 0.1) is 11.3 Å². The summed E-state index contributed by atoms with van der Waals surface area (Å²) in [5, 5.41) is 19.6. The molecular weight excluding hydrogens is 296 g/mol. The van der Waals surface area contributed by atoms with Gasteiger partial charge in [-0.05, 0) is 40.2 Å². The van der Waals surface area contributed by atoms with Crippen LogP contribution in [-0.4, -0.2) is 17.3 Å². The van der Waals surface area contributed by atoms with E-state index in [0.717, 1.165) is 15.9 Å². The van der Waals surface area contributed by atoms with Crippen molar-refractivity contribution in [2.24, 2.45) is 0 Å². The first-order chi connectivity index (χ1) is 8.74. The predicted octanol–water partition coefficient (Wildman–Crippen LogP) is 2.86. The zero-order valence-electron chi connectivity index (χ0n) is 9.51. The Bertz CT molecular complexity index is 609. The zero-order chi connectivity index (χ0) is 13.0. The number of ether oxygens (including phenoxy) is 1. The molecule has 0 aliphatic rings. The van der Waals surface area contributed by atoms with Gasteiger partial charge in [-0.15, -0.1) is 5.10 Å². The average Bonchev–Trinajstić information content (AvgIpc) is 2.39. The van der Waals surface area contributed by atoms with Gasteiger partial charge in [-0.3, -0.25) is 0 Å². The quantitative estimate of drug-likeness (QED) is 0.944. The maximum absolute atomic E-state index is 8.95. The molecule has 0 radical (unpaired) electrons. The van der Waals surface area contributed by atoms with Gasteiger partial charge < -0.3 is 10.1 Å². The number of rotatable bonds is 3. The number of hydrogen-bond acceptors (Lipinski definition) is 5. The molecule has 18 heavy (non-hydrogen) atoms. The lowest BCUT2D eigenvalue weighted by Gasteiger charge is -2.08. The van der Waals surface area contributed by atoms with Crippen molar-refractivity contribution in [3.63, 3.8) is 0 Å². The van der Waals surface area contributed by atoms with Gasteiger partial charge >= 0.3 is 0 Å². The SMILES string of the molecule is COc1ccc(Nc2nnccc2C#N)cc1Br. The van der Waals surface area contributed by atoms with Crippen molar-refractivity contribution >= 4 is 27.4 Å². The number of nitrogens with one attached hydrogen (secondary N) is 1. The molecule has 0 amide bonds. The molecule has 2 rings (SSSR count). The topological polar surface area (TPSA) is 70.8 Å². The Morgan fingerprint density at radius 3 is 2.89 bits per heavy atom. The lowest BCUT2D eigenvalue weighted by Crippen LogP contribution is -1.98. The van der Waals surface area contributed by atoms with Crippen LogP contribution in [0.25, 0.3) is 0 Å². The van der Waals surface area contributed by atoms with E-state index in [2.05, 4.69) is 37.5 Å². The van der Waals surface area contributed by atoms with Crippen LogP contribution in [0.5, 0.6) is 5.75 Å². The number of anilines is 2. The normalized spacial score (nSPS) is 9.61. The van der Waals surface area contributed by atoms with Crippen molar-refractivity contribution in [3.05, 3.63) is 40.5 Å². The molecule has 0 saturated heterocycles. The lowest BCUT2D eigenvalue weighted by atomic mass is 10.2. The standard InChI is InChI=1S/C12H9BrN4O/c1-18-11-3-2-9(6-10(11)13)16-12-8(7-14)4-5-15-17-12/h2-6H,1H3,(H,16,17). The molecule has 0 aliphatic heterocycles. The van der Waals surface area contributed by atoms with Crippen molar-refractivity contribution < 1.29 is 4.74 Å². The zero-order valence-corrected chi connectivity index (χ0v) is 11.1. The van der Waals surface area contributed by atoms with Gasteiger partial charge in [-0.1, -0.05) is 0 Å². The van der Waals surface area contributed by atoms with Crippen LogP contribution in [0.4, 0.5) is 11.5 Å². The average molecular weight is 305 g/mol. The van der Waals surface area contributed by atoms with E-state index >= 15 is 0 Å². The van der Waals surface area contributed by atoms with Gasteiger partial charge in [0.2, 0.25) is 0 Å². The van der Waals surface area contributed by atoms with Crippen LogP contribution >= 0.6 is 15.9 Å². The minimum absolute atomic E-state index is 0.428. The summed E-state index contributed by atoms with van der Waals surface area (Å²) in [5.41, 5.74) is 1.23. The molecular formula is C12H9BrN4O. The summed E-state index contributed by atoms with van der Waals surface area (Å²) in [6.07, 6.45) is 1.48.